The van der Waals surface area contributed by atoms with Gasteiger partial charge in [-0.15, -0.1) is 0 Å². The number of nitrogens with one attached hydrogen (secondary N) is 1. The van der Waals surface area contributed by atoms with Crippen LogP contribution in [0.15, 0.2) is 66.7 Å². The number of aliphatic carboxylic acids is 1. The van der Waals surface area contributed by atoms with E-state index < -0.39 is 18.1 Å². The summed E-state index contributed by atoms with van der Waals surface area (Å²) in [7, 11) is 0. The van der Waals surface area contributed by atoms with E-state index in [2.05, 4.69) is 17.4 Å². The van der Waals surface area contributed by atoms with Crippen LogP contribution in [-0.4, -0.2) is 42.5 Å². The van der Waals surface area contributed by atoms with Crippen molar-refractivity contribution < 1.29 is 28.9 Å². The number of rotatable bonds is 10. The van der Waals surface area contributed by atoms with Crippen LogP contribution in [0.25, 0.3) is 11.1 Å². The fourth-order valence-electron chi connectivity index (χ4n) is 4.52. The van der Waals surface area contributed by atoms with Crippen LogP contribution in [0, 0.1) is 0 Å². The zero-order chi connectivity index (χ0) is 25.7. The number of hydrogen-bond acceptors (Lipinski definition) is 5. The van der Waals surface area contributed by atoms with Crippen molar-refractivity contribution >= 4 is 12.1 Å². The second-order valence-electron chi connectivity index (χ2n) is 8.95. The van der Waals surface area contributed by atoms with E-state index >= 15 is 0 Å². The smallest absolute Gasteiger partial charge is 0.407 e. The summed E-state index contributed by atoms with van der Waals surface area (Å²) in [6.45, 7) is 6.26. The van der Waals surface area contributed by atoms with Crippen LogP contribution in [0.4, 0.5) is 4.79 Å². The molecule has 1 amide bonds. The first-order chi connectivity index (χ1) is 17.4. The highest BCUT2D eigenvalue weighted by atomic mass is 16.5. The van der Waals surface area contributed by atoms with E-state index in [1.165, 1.54) is 0 Å². The van der Waals surface area contributed by atoms with Crippen LogP contribution in [0.1, 0.15) is 43.4 Å². The van der Waals surface area contributed by atoms with Gasteiger partial charge in [-0.25, -0.2) is 9.59 Å². The topological polar surface area (TPSA) is 94.1 Å². The number of carboxylic acid groups (broad SMARTS) is 1. The van der Waals surface area contributed by atoms with Gasteiger partial charge in [0.2, 0.25) is 0 Å². The Morgan fingerprint density at radius 3 is 2.17 bits per heavy atom. The molecule has 0 heterocycles. The average molecular weight is 490 g/mol. The van der Waals surface area contributed by atoms with Gasteiger partial charge in [0.25, 0.3) is 0 Å². The summed E-state index contributed by atoms with van der Waals surface area (Å²) in [6, 6.07) is 20.2. The minimum atomic E-state index is -1.16. The molecule has 1 aliphatic carbocycles. The molecule has 3 aromatic rings. The van der Waals surface area contributed by atoms with E-state index in [0.717, 1.165) is 22.3 Å². The molecule has 36 heavy (non-hydrogen) atoms. The highest BCUT2D eigenvalue weighted by molar-refractivity contribution is 5.81. The maximum absolute atomic E-state index is 12.6. The molecule has 0 aliphatic heterocycles. The molecule has 0 spiro atoms. The summed E-state index contributed by atoms with van der Waals surface area (Å²) in [6.07, 6.45) is -0.729. The van der Waals surface area contributed by atoms with Gasteiger partial charge in [0, 0.05) is 12.3 Å². The van der Waals surface area contributed by atoms with E-state index in [1.807, 2.05) is 57.2 Å². The highest BCUT2D eigenvalue weighted by Crippen LogP contribution is 2.44. The highest BCUT2D eigenvalue weighted by Gasteiger charge is 2.30. The third-order valence-corrected chi connectivity index (χ3v) is 6.04. The van der Waals surface area contributed by atoms with Crippen LogP contribution in [0.3, 0.4) is 0 Å². The molecule has 0 saturated carbocycles. The molecular formula is C29H31NO6. The van der Waals surface area contributed by atoms with Gasteiger partial charge in [0.05, 0.1) is 12.7 Å². The Morgan fingerprint density at radius 1 is 0.944 bits per heavy atom. The predicted molar refractivity (Wildman–Crippen MR) is 137 cm³/mol. The zero-order valence-electron chi connectivity index (χ0n) is 20.7. The molecule has 0 radical (unpaired) electrons. The summed E-state index contributed by atoms with van der Waals surface area (Å²) in [5, 5.41) is 12.2. The van der Waals surface area contributed by atoms with Crippen molar-refractivity contribution in [3.8, 4) is 22.6 Å². The first-order valence-corrected chi connectivity index (χ1v) is 12.1. The number of hydrogen-bond donors (Lipinski definition) is 2. The van der Waals surface area contributed by atoms with Gasteiger partial charge in [0.15, 0.2) is 11.5 Å². The number of carbonyl (C=O) groups is 2. The lowest BCUT2D eigenvalue weighted by Gasteiger charge is -2.19. The normalized spacial score (nSPS) is 13.0. The van der Waals surface area contributed by atoms with Crippen LogP contribution in [0.5, 0.6) is 11.5 Å². The van der Waals surface area contributed by atoms with Crippen molar-refractivity contribution in [1.82, 2.24) is 5.32 Å². The summed E-state index contributed by atoms with van der Waals surface area (Å²) in [5.41, 5.74) is 5.13. The van der Waals surface area contributed by atoms with Crippen LogP contribution >= 0.6 is 0 Å². The lowest BCUT2D eigenvalue weighted by Crippen LogP contribution is -2.42. The Labute approximate surface area is 211 Å². The lowest BCUT2D eigenvalue weighted by molar-refractivity contribution is -0.139. The molecule has 0 bridgehead atoms. The number of benzene rings is 3. The number of carbonyl (C=O) groups excluding carboxylic acids is 1. The molecule has 4 rings (SSSR count). The maximum Gasteiger partial charge on any atom is 0.407 e. The Bertz CT molecular complexity index is 1190. The van der Waals surface area contributed by atoms with Gasteiger partial charge in [-0.05, 0) is 60.7 Å². The fraction of sp³-hybridized carbons (Fsp3) is 0.310. The number of alkyl carbamates (subject to hydrolysis) is 1. The molecule has 1 aliphatic rings. The van der Waals surface area contributed by atoms with Gasteiger partial charge < -0.3 is 24.6 Å². The van der Waals surface area contributed by atoms with Crippen molar-refractivity contribution in [2.45, 2.75) is 45.3 Å². The largest absolute Gasteiger partial charge is 0.490 e. The SMILES string of the molecule is CCOc1cc(CC(NC(=O)OCC2c3ccccc3-c3ccccc32)C(=O)O)ccc1OC(C)C. The summed E-state index contributed by atoms with van der Waals surface area (Å²) >= 11 is 0. The number of carboxylic acids is 1. The Morgan fingerprint density at radius 2 is 1.58 bits per heavy atom. The van der Waals surface area contributed by atoms with Crippen molar-refractivity contribution in [3.63, 3.8) is 0 Å². The van der Waals surface area contributed by atoms with E-state index in [-0.39, 0.29) is 25.0 Å². The minimum absolute atomic E-state index is 0.0305. The molecule has 1 unspecified atom stereocenters. The second kappa shape index (κ2) is 11.2. The van der Waals surface area contributed by atoms with E-state index in [1.54, 1.807) is 18.2 Å². The summed E-state index contributed by atoms with van der Waals surface area (Å²) < 4.78 is 17.0. The van der Waals surface area contributed by atoms with Gasteiger partial charge >= 0.3 is 12.1 Å². The van der Waals surface area contributed by atoms with Gasteiger partial charge in [0.1, 0.15) is 12.6 Å². The van der Waals surface area contributed by atoms with Gasteiger partial charge in [-0.2, -0.15) is 0 Å². The molecule has 0 fully saturated rings. The van der Waals surface area contributed by atoms with Crippen molar-refractivity contribution in [2.75, 3.05) is 13.2 Å². The van der Waals surface area contributed by atoms with Gasteiger partial charge in [-0.1, -0.05) is 54.6 Å². The summed E-state index contributed by atoms with van der Waals surface area (Å²) in [4.78, 5) is 24.6. The Kier molecular flexibility index (Phi) is 7.78. The lowest BCUT2D eigenvalue weighted by atomic mass is 9.98. The fourth-order valence-corrected chi connectivity index (χ4v) is 4.52. The second-order valence-corrected chi connectivity index (χ2v) is 8.95. The third-order valence-electron chi connectivity index (χ3n) is 6.04. The number of ether oxygens (including phenoxy) is 3. The van der Waals surface area contributed by atoms with E-state index in [0.29, 0.717) is 23.7 Å². The van der Waals surface area contributed by atoms with Crippen molar-refractivity contribution in [1.29, 1.82) is 0 Å². The Hall–Kier alpha value is -4.00. The van der Waals surface area contributed by atoms with E-state index in [9.17, 15) is 14.7 Å². The van der Waals surface area contributed by atoms with Crippen LogP contribution in [0.2, 0.25) is 0 Å². The quantitative estimate of drug-likeness (QED) is 0.396. The van der Waals surface area contributed by atoms with Crippen LogP contribution < -0.4 is 14.8 Å². The molecular weight excluding hydrogens is 458 g/mol. The number of fused-ring (bicyclic) bond motifs is 3. The monoisotopic (exact) mass is 489 g/mol. The first-order valence-electron chi connectivity index (χ1n) is 12.1. The Balaban J connectivity index is 1.42. The molecule has 0 aromatic heterocycles. The molecule has 1 atom stereocenters. The molecule has 0 saturated heterocycles. The van der Waals surface area contributed by atoms with Gasteiger partial charge in [-0.3, -0.25) is 0 Å². The van der Waals surface area contributed by atoms with Crippen molar-refractivity contribution in [3.05, 3.63) is 83.4 Å². The first kappa shape index (κ1) is 25.1. The van der Waals surface area contributed by atoms with Crippen molar-refractivity contribution in [2.24, 2.45) is 0 Å². The predicted octanol–water partition coefficient (Wildman–Crippen LogP) is 5.41. The molecule has 7 nitrogen and oxygen atoms in total. The third kappa shape index (κ3) is 5.62. The maximum atomic E-state index is 12.6. The average Bonchev–Trinajstić information content (AvgIpc) is 3.17. The molecule has 7 heteroatoms. The van der Waals surface area contributed by atoms with E-state index in [4.69, 9.17) is 14.2 Å². The molecule has 188 valence electrons. The van der Waals surface area contributed by atoms with Crippen LogP contribution in [-0.2, 0) is 16.0 Å². The minimum Gasteiger partial charge on any atom is -0.490 e. The standard InChI is InChI=1S/C29H31NO6/c1-4-34-27-16-19(13-14-26(27)36-18(2)3)15-25(28(31)32)30-29(33)35-17-24-22-11-7-5-9-20(22)21-10-6-8-12-23(21)24/h5-14,16,18,24-25H,4,15,17H2,1-3H3,(H,30,33)(H,31,32). The summed E-state index contributed by atoms with van der Waals surface area (Å²) in [5.74, 6) is -0.126. The molecule has 3 aromatic carbocycles. The number of amides is 1. The zero-order valence-corrected chi connectivity index (χ0v) is 20.7. The molecule has 2 N–H and O–H groups in total.